The average Bonchev–Trinajstić information content (AvgIpc) is 2.64. The fourth-order valence-electron chi connectivity index (χ4n) is 3.21. The third kappa shape index (κ3) is 2.89. The summed E-state index contributed by atoms with van der Waals surface area (Å²) in [6.45, 7) is 8.79. The molecule has 1 spiro atoms. The first-order valence-electron chi connectivity index (χ1n) is 7.38. The van der Waals surface area contributed by atoms with Crippen molar-refractivity contribution < 1.29 is 9.84 Å². The van der Waals surface area contributed by atoms with Crippen LogP contribution in [0, 0.1) is 0 Å². The Labute approximate surface area is 111 Å². The molecule has 1 saturated heterocycles. The van der Waals surface area contributed by atoms with Gasteiger partial charge < -0.3 is 15.2 Å². The first-order valence-corrected chi connectivity index (χ1v) is 7.38. The lowest BCUT2D eigenvalue weighted by Gasteiger charge is -2.45. The predicted molar refractivity (Wildman–Crippen MR) is 73.7 cm³/mol. The summed E-state index contributed by atoms with van der Waals surface area (Å²) in [4.78, 5) is 0. The average molecular weight is 255 g/mol. The Balaban J connectivity index is 1.98. The molecule has 1 aliphatic carbocycles. The normalized spacial score (nSPS) is 28.8. The van der Waals surface area contributed by atoms with Gasteiger partial charge >= 0.3 is 0 Å². The number of nitrogens with one attached hydrogen (secondary N) is 1. The van der Waals surface area contributed by atoms with Crippen molar-refractivity contribution in [3.63, 3.8) is 0 Å². The highest BCUT2D eigenvalue weighted by Crippen LogP contribution is 2.40. The number of aliphatic hydroxyl groups is 1. The SMILES string of the molecule is CC(C)(O)C(C)(C)NC1CCOC2(CCCC2)C1. The van der Waals surface area contributed by atoms with Gasteiger partial charge in [0.15, 0.2) is 0 Å². The van der Waals surface area contributed by atoms with Gasteiger partial charge in [0.25, 0.3) is 0 Å². The maximum absolute atomic E-state index is 10.2. The third-order valence-electron chi connectivity index (χ3n) is 5.10. The smallest absolute Gasteiger partial charge is 0.0767 e. The van der Waals surface area contributed by atoms with Crippen LogP contribution in [0.1, 0.15) is 66.2 Å². The van der Waals surface area contributed by atoms with Crippen molar-refractivity contribution in [2.24, 2.45) is 0 Å². The summed E-state index contributed by atoms with van der Waals surface area (Å²) >= 11 is 0. The Bertz CT molecular complexity index is 287. The molecule has 1 heterocycles. The van der Waals surface area contributed by atoms with Crippen LogP contribution in [0.25, 0.3) is 0 Å². The van der Waals surface area contributed by atoms with Gasteiger partial charge in [0.1, 0.15) is 0 Å². The van der Waals surface area contributed by atoms with Gasteiger partial charge in [-0.1, -0.05) is 12.8 Å². The van der Waals surface area contributed by atoms with Gasteiger partial charge in [-0.3, -0.25) is 0 Å². The molecule has 1 atom stereocenters. The Kier molecular flexibility index (Phi) is 3.79. The molecular formula is C15H29NO2. The van der Waals surface area contributed by atoms with Crippen molar-refractivity contribution >= 4 is 0 Å². The van der Waals surface area contributed by atoms with Crippen LogP contribution >= 0.6 is 0 Å². The zero-order valence-corrected chi connectivity index (χ0v) is 12.4. The summed E-state index contributed by atoms with van der Waals surface area (Å²) in [5.41, 5.74) is -0.839. The Hall–Kier alpha value is -0.120. The lowest BCUT2D eigenvalue weighted by atomic mass is 9.82. The van der Waals surface area contributed by atoms with Gasteiger partial charge in [-0.2, -0.15) is 0 Å². The van der Waals surface area contributed by atoms with E-state index in [1.54, 1.807) is 0 Å². The summed E-state index contributed by atoms with van der Waals surface area (Å²) in [5, 5.41) is 13.9. The van der Waals surface area contributed by atoms with Crippen LogP contribution in [0.2, 0.25) is 0 Å². The van der Waals surface area contributed by atoms with Gasteiger partial charge in [0.05, 0.1) is 11.2 Å². The van der Waals surface area contributed by atoms with Crippen molar-refractivity contribution in [2.75, 3.05) is 6.61 Å². The zero-order chi connectivity index (χ0) is 13.4. The predicted octanol–water partition coefficient (Wildman–Crippen LogP) is 2.62. The van der Waals surface area contributed by atoms with E-state index < -0.39 is 5.60 Å². The van der Waals surface area contributed by atoms with Crippen LogP contribution < -0.4 is 5.32 Å². The molecule has 0 bridgehead atoms. The van der Waals surface area contributed by atoms with E-state index in [4.69, 9.17) is 4.74 Å². The highest BCUT2D eigenvalue weighted by Gasteiger charge is 2.43. The fourth-order valence-corrected chi connectivity index (χ4v) is 3.21. The number of rotatable bonds is 3. The molecule has 2 N–H and O–H groups in total. The van der Waals surface area contributed by atoms with Crippen LogP contribution in [0.15, 0.2) is 0 Å². The Morgan fingerprint density at radius 1 is 1.17 bits per heavy atom. The lowest BCUT2D eigenvalue weighted by Crippen LogP contribution is -2.61. The summed E-state index contributed by atoms with van der Waals surface area (Å²) < 4.78 is 6.05. The minimum absolute atomic E-state index is 0.144. The van der Waals surface area contributed by atoms with Crippen molar-refractivity contribution in [3.8, 4) is 0 Å². The fraction of sp³-hybridized carbons (Fsp3) is 1.00. The molecule has 18 heavy (non-hydrogen) atoms. The van der Waals surface area contributed by atoms with Gasteiger partial charge in [0, 0.05) is 18.2 Å². The van der Waals surface area contributed by atoms with Crippen molar-refractivity contribution in [1.82, 2.24) is 5.32 Å². The molecule has 0 radical (unpaired) electrons. The molecule has 1 saturated carbocycles. The van der Waals surface area contributed by atoms with E-state index in [1.165, 1.54) is 25.7 Å². The van der Waals surface area contributed by atoms with E-state index in [0.29, 0.717) is 6.04 Å². The lowest BCUT2D eigenvalue weighted by molar-refractivity contribution is -0.0942. The highest BCUT2D eigenvalue weighted by atomic mass is 16.5. The van der Waals surface area contributed by atoms with Crippen LogP contribution in [-0.2, 0) is 4.74 Å². The van der Waals surface area contributed by atoms with Gasteiger partial charge in [-0.15, -0.1) is 0 Å². The minimum Gasteiger partial charge on any atom is -0.389 e. The molecule has 0 aromatic carbocycles. The topological polar surface area (TPSA) is 41.5 Å². The molecule has 0 aromatic rings. The number of hydrogen-bond donors (Lipinski definition) is 2. The van der Waals surface area contributed by atoms with Crippen molar-refractivity contribution in [1.29, 1.82) is 0 Å². The molecule has 1 unspecified atom stereocenters. The van der Waals surface area contributed by atoms with Gasteiger partial charge in [-0.25, -0.2) is 0 Å². The minimum atomic E-state index is -0.714. The maximum atomic E-state index is 10.2. The summed E-state index contributed by atoms with van der Waals surface area (Å²) in [5.74, 6) is 0. The summed E-state index contributed by atoms with van der Waals surface area (Å²) in [6, 6.07) is 0.471. The van der Waals surface area contributed by atoms with E-state index in [2.05, 4.69) is 19.2 Å². The largest absolute Gasteiger partial charge is 0.389 e. The van der Waals surface area contributed by atoms with Crippen LogP contribution in [0.3, 0.4) is 0 Å². The molecule has 2 fully saturated rings. The second-order valence-electron chi connectivity index (χ2n) is 7.26. The highest BCUT2D eigenvalue weighted by molar-refractivity contribution is 4.99. The molecule has 0 aromatic heterocycles. The van der Waals surface area contributed by atoms with E-state index in [-0.39, 0.29) is 11.1 Å². The zero-order valence-electron chi connectivity index (χ0n) is 12.4. The summed E-state index contributed by atoms with van der Waals surface area (Å²) in [6.07, 6.45) is 7.21. The van der Waals surface area contributed by atoms with Crippen LogP contribution in [0.4, 0.5) is 0 Å². The number of ether oxygens (including phenoxy) is 1. The van der Waals surface area contributed by atoms with Crippen molar-refractivity contribution in [3.05, 3.63) is 0 Å². The van der Waals surface area contributed by atoms with Crippen molar-refractivity contribution in [2.45, 2.75) is 89.0 Å². The molecule has 106 valence electrons. The van der Waals surface area contributed by atoms with Crippen LogP contribution in [-0.4, -0.2) is 34.5 Å². The monoisotopic (exact) mass is 255 g/mol. The van der Waals surface area contributed by atoms with Crippen LogP contribution in [0.5, 0.6) is 0 Å². The number of hydrogen-bond acceptors (Lipinski definition) is 3. The molecule has 2 aliphatic rings. The quantitative estimate of drug-likeness (QED) is 0.814. The first-order chi connectivity index (χ1) is 8.24. The molecule has 0 amide bonds. The van der Waals surface area contributed by atoms with E-state index in [1.807, 2.05) is 13.8 Å². The Morgan fingerprint density at radius 3 is 2.33 bits per heavy atom. The Morgan fingerprint density at radius 2 is 1.78 bits per heavy atom. The molecule has 1 aliphatic heterocycles. The maximum Gasteiger partial charge on any atom is 0.0767 e. The second-order valence-corrected chi connectivity index (χ2v) is 7.26. The first kappa shape index (κ1) is 14.3. The second kappa shape index (κ2) is 4.77. The van der Waals surface area contributed by atoms with Gasteiger partial charge in [-0.05, 0) is 53.4 Å². The van der Waals surface area contributed by atoms with E-state index in [9.17, 15) is 5.11 Å². The molecule has 3 nitrogen and oxygen atoms in total. The standard InChI is InChI=1S/C15H29NO2/c1-13(2,14(3,4)17)16-12-7-10-18-15(11-12)8-5-6-9-15/h12,16-17H,5-11H2,1-4H3. The molecule has 3 heteroatoms. The molecule has 2 rings (SSSR count). The third-order valence-corrected chi connectivity index (χ3v) is 5.10. The summed E-state index contributed by atoms with van der Waals surface area (Å²) in [7, 11) is 0. The molecular weight excluding hydrogens is 226 g/mol. The van der Waals surface area contributed by atoms with E-state index in [0.717, 1.165) is 19.4 Å². The van der Waals surface area contributed by atoms with Gasteiger partial charge in [0.2, 0.25) is 0 Å². The van der Waals surface area contributed by atoms with E-state index >= 15 is 0 Å².